The maximum Gasteiger partial charge on any atom is 0.250 e. The van der Waals surface area contributed by atoms with Gasteiger partial charge in [-0.05, 0) is 55.5 Å². The first-order valence-corrected chi connectivity index (χ1v) is 11.8. The van der Waals surface area contributed by atoms with Gasteiger partial charge in [-0.25, -0.2) is 5.43 Å². The van der Waals surface area contributed by atoms with Crippen LogP contribution < -0.4 is 10.2 Å². The number of hydrogen-bond acceptors (Lipinski definition) is 6. The number of nitrogens with one attached hydrogen (secondary N) is 1. The number of thioether (sulfide) groups is 1. The Kier molecular flexibility index (Phi) is 7.61. The lowest BCUT2D eigenvalue weighted by Crippen LogP contribution is -2.20. The molecule has 0 aliphatic rings. The molecule has 0 fully saturated rings. The summed E-state index contributed by atoms with van der Waals surface area (Å²) in [6.45, 7) is 2.03. The van der Waals surface area contributed by atoms with Crippen molar-refractivity contribution in [2.24, 2.45) is 5.10 Å². The first-order chi connectivity index (χ1) is 16.5. The molecule has 4 aromatic rings. The van der Waals surface area contributed by atoms with Crippen LogP contribution in [-0.4, -0.2) is 39.7 Å². The van der Waals surface area contributed by atoms with E-state index in [9.17, 15) is 4.79 Å². The molecule has 0 saturated carbocycles. The van der Waals surface area contributed by atoms with Gasteiger partial charge >= 0.3 is 0 Å². The van der Waals surface area contributed by atoms with Crippen molar-refractivity contribution < 1.29 is 9.53 Å². The number of halogens is 1. The van der Waals surface area contributed by atoms with E-state index in [4.69, 9.17) is 16.3 Å². The lowest BCUT2D eigenvalue weighted by molar-refractivity contribution is -0.118. The summed E-state index contributed by atoms with van der Waals surface area (Å²) >= 11 is 7.33. The molecule has 0 aliphatic heterocycles. The molecule has 0 radical (unpaired) electrons. The van der Waals surface area contributed by atoms with E-state index in [2.05, 4.69) is 20.7 Å². The Morgan fingerprint density at radius 3 is 2.56 bits per heavy atom. The minimum atomic E-state index is -0.261. The van der Waals surface area contributed by atoms with Crippen LogP contribution in [0.2, 0.25) is 5.02 Å². The average Bonchev–Trinajstić information content (AvgIpc) is 3.28. The molecule has 1 heterocycles. The third kappa shape index (κ3) is 5.65. The molecule has 0 unspecified atom stereocenters. The van der Waals surface area contributed by atoms with Gasteiger partial charge in [-0.2, -0.15) is 5.10 Å². The van der Waals surface area contributed by atoms with Crippen LogP contribution in [0.3, 0.4) is 0 Å². The van der Waals surface area contributed by atoms with Crippen molar-refractivity contribution in [2.75, 3.05) is 12.9 Å². The predicted octanol–water partition coefficient (Wildman–Crippen LogP) is 5.15. The highest BCUT2D eigenvalue weighted by molar-refractivity contribution is 7.99. The Balaban J connectivity index is 1.51. The molecular weight excluding hydrogens is 470 g/mol. The molecule has 0 aliphatic carbocycles. The molecule has 7 nitrogen and oxygen atoms in total. The largest absolute Gasteiger partial charge is 0.496 e. The predicted molar refractivity (Wildman–Crippen MR) is 136 cm³/mol. The first-order valence-electron chi connectivity index (χ1n) is 10.4. The van der Waals surface area contributed by atoms with Gasteiger partial charge in [-0.3, -0.25) is 9.36 Å². The van der Waals surface area contributed by atoms with E-state index in [1.165, 1.54) is 11.8 Å². The number of benzene rings is 3. The Bertz CT molecular complexity index is 1300. The van der Waals surface area contributed by atoms with E-state index in [-0.39, 0.29) is 11.7 Å². The zero-order valence-corrected chi connectivity index (χ0v) is 20.2. The van der Waals surface area contributed by atoms with Crippen LogP contribution in [0.25, 0.3) is 17.1 Å². The zero-order chi connectivity index (χ0) is 23.9. The second-order valence-electron chi connectivity index (χ2n) is 7.31. The summed E-state index contributed by atoms with van der Waals surface area (Å²) in [4.78, 5) is 12.4. The standard InChI is InChI=1S/C25H22ClN5O2S/c1-17-7-13-21(14-8-17)31-24(18-9-11-20(26)12-10-18)29-30-25(31)34-16-23(32)28-27-15-19-5-3-4-6-22(19)33-2/h3-15H,16H2,1-2H3,(H,28,32)/b27-15+. The number of nitrogens with zero attached hydrogens (tertiary/aromatic N) is 4. The maximum absolute atomic E-state index is 12.4. The molecule has 1 N–H and O–H groups in total. The van der Waals surface area contributed by atoms with Gasteiger partial charge in [-0.1, -0.05) is 53.2 Å². The molecule has 0 saturated heterocycles. The van der Waals surface area contributed by atoms with Crippen LogP contribution in [0.5, 0.6) is 5.75 Å². The van der Waals surface area contributed by atoms with Crippen LogP contribution in [0.4, 0.5) is 0 Å². The highest BCUT2D eigenvalue weighted by Crippen LogP contribution is 2.29. The van der Waals surface area contributed by atoms with Gasteiger partial charge in [0.1, 0.15) is 5.75 Å². The summed E-state index contributed by atoms with van der Waals surface area (Å²) in [7, 11) is 1.59. The summed E-state index contributed by atoms with van der Waals surface area (Å²) < 4.78 is 7.21. The van der Waals surface area contributed by atoms with E-state index in [0.717, 1.165) is 22.4 Å². The second-order valence-corrected chi connectivity index (χ2v) is 8.69. The van der Waals surface area contributed by atoms with E-state index in [1.54, 1.807) is 13.3 Å². The van der Waals surface area contributed by atoms with Crippen molar-refractivity contribution >= 4 is 35.5 Å². The van der Waals surface area contributed by atoms with Gasteiger partial charge in [0.15, 0.2) is 11.0 Å². The van der Waals surface area contributed by atoms with Gasteiger partial charge in [0.05, 0.1) is 19.1 Å². The van der Waals surface area contributed by atoms with Crippen molar-refractivity contribution in [3.05, 3.63) is 88.9 Å². The van der Waals surface area contributed by atoms with Gasteiger partial charge in [0, 0.05) is 21.8 Å². The zero-order valence-electron chi connectivity index (χ0n) is 18.6. The number of carbonyl (C=O) groups excluding carboxylic acids is 1. The van der Waals surface area contributed by atoms with Crippen molar-refractivity contribution in [2.45, 2.75) is 12.1 Å². The lowest BCUT2D eigenvalue weighted by atomic mass is 10.2. The average molecular weight is 492 g/mol. The number of rotatable bonds is 8. The van der Waals surface area contributed by atoms with E-state index >= 15 is 0 Å². The topological polar surface area (TPSA) is 81.4 Å². The van der Waals surface area contributed by atoms with Crippen LogP contribution >= 0.6 is 23.4 Å². The summed E-state index contributed by atoms with van der Waals surface area (Å²) in [6.07, 6.45) is 1.55. The summed E-state index contributed by atoms with van der Waals surface area (Å²) in [5, 5.41) is 14.0. The normalized spacial score (nSPS) is 11.0. The molecule has 9 heteroatoms. The molecule has 4 rings (SSSR count). The maximum atomic E-state index is 12.4. The highest BCUT2D eigenvalue weighted by atomic mass is 35.5. The summed E-state index contributed by atoms with van der Waals surface area (Å²) in [5.74, 6) is 1.20. The number of carbonyl (C=O) groups is 1. The van der Waals surface area contributed by atoms with Crippen molar-refractivity contribution in [1.29, 1.82) is 0 Å². The molecule has 0 atom stereocenters. The Morgan fingerprint density at radius 2 is 1.82 bits per heavy atom. The molecule has 1 aromatic heterocycles. The molecule has 0 spiro atoms. The van der Waals surface area contributed by atoms with E-state index in [1.807, 2.05) is 84.3 Å². The number of hydrogen-bond donors (Lipinski definition) is 1. The fourth-order valence-corrected chi connectivity index (χ4v) is 4.06. The Labute approximate surface area is 206 Å². The van der Waals surface area contributed by atoms with Gasteiger partial charge in [-0.15, -0.1) is 10.2 Å². The van der Waals surface area contributed by atoms with Crippen LogP contribution in [0, 0.1) is 6.92 Å². The molecular formula is C25H22ClN5O2S. The number of amides is 1. The van der Waals surface area contributed by atoms with Gasteiger partial charge < -0.3 is 4.74 Å². The minimum absolute atomic E-state index is 0.119. The Hall–Kier alpha value is -3.62. The third-order valence-corrected chi connectivity index (χ3v) is 6.07. The van der Waals surface area contributed by atoms with Gasteiger partial charge in [0.25, 0.3) is 5.91 Å². The monoisotopic (exact) mass is 491 g/mol. The number of methoxy groups -OCH3 is 1. The molecule has 172 valence electrons. The number of hydrazone groups is 1. The summed E-state index contributed by atoms with van der Waals surface area (Å²) in [5.41, 5.74) is 6.23. The van der Waals surface area contributed by atoms with Gasteiger partial charge in [0.2, 0.25) is 0 Å². The van der Waals surface area contributed by atoms with E-state index < -0.39 is 0 Å². The fourth-order valence-electron chi connectivity index (χ4n) is 3.19. The number of ether oxygens (including phenoxy) is 1. The number of aryl methyl sites for hydroxylation is 1. The quantitative estimate of drug-likeness (QED) is 0.209. The van der Waals surface area contributed by atoms with Crippen LogP contribution in [-0.2, 0) is 4.79 Å². The van der Waals surface area contributed by atoms with Crippen molar-refractivity contribution in [1.82, 2.24) is 20.2 Å². The highest BCUT2D eigenvalue weighted by Gasteiger charge is 2.17. The fraction of sp³-hybridized carbons (Fsp3) is 0.120. The number of para-hydroxylation sites is 1. The summed E-state index contributed by atoms with van der Waals surface area (Å²) in [6, 6.07) is 22.9. The molecule has 34 heavy (non-hydrogen) atoms. The number of aromatic nitrogens is 3. The lowest BCUT2D eigenvalue weighted by Gasteiger charge is -2.10. The Morgan fingerprint density at radius 1 is 1.09 bits per heavy atom. The van der Waals surface area contributed by atoms with E-state index in [0.29, 0.717) is 21.8 Å². The van der Waals surface area contributed by atoms with Crippen molar-refractivity contribution in [3.8, 4) is 22.8 Å². The smallest absolute Gasteiger partial charge is 0.250 e. The molecule has 3 aromatic carbocycles. The molecule has 1 amide bonds. The van der Waals surface area contributed by atoms with Crippen LogP contribution in [0.15, 0.2) is 83.1 Å². The van der Waals surface area contributed by atoms with Crippen molar-refractivity contribution in [3.63, 3.8) is 0 Å². The SMILES string of the molecule is COc1ccccc1/C=N/NC(=O)CSc1nnc(-c2ccc(Cl)cc2)n1-c1ccc(C)cc1. The third-order valence-electron chi connectivity index (χ3n) is 4.89. The first kappa shape index (κ1) is 23.5. The minimum Gasteiger partial charge on any atom is -0.496 e. The van der Waals surface area contributed by atoms with Crippen LogP contribution in [0.1, 0.15) is 11.1 Å². The second kappa shape index (κ2) is 11.0. The molecule has 0 bridgehead atoms.